The van der Waals surface area contributed by atoms with Crippen LogP contribution in [-0.2, 0) is 20.9 Å². The van der Waals surface area contributed by atoms with E-state index in [4.69, 9.17) is 10.5 Å². The van der Waals surface area contributed by atoms with Crippen LogP contribution in [0.5, 0.6) is 0 Å². The molecular weight excluding hydrogens is 474 g/mol. The third kappa shape index (κ3) is 6.89. The number of likely N-dealkylation sites (tertiary alicyclic amines) is 1. The molecule has 2 aliphatic rings. The highest BCUT2D eigenvalue weighted by molar-refractivity contribution is 8.00. The summed E-state index contributed by atoms with van der Waals surface area (Å²) < 4.78 is 5.36. The Morgan fingerprint density at radius 1 is 1.15 bits per heavy atom. The number of amidine groups is 1. The van der Waals surface area contributed by atoms with E-state index in [1.54, 1.807) is 0 Å². The molecule has 1 unspecified atom stereocenters. The number of halogens is 1. The van der Waals surface area contributed by atoms with E-state index in [9.17, 15) is 30.0 Å². The number of amides is 2. The molecule has 12 heteroatoms. The van der Waals surface area contributed by atoms with Gasteiger partial charge in [-0.05, 0) is 17.7 Å². The second-order valence-electron chi connectivity index (χ2n) is 7.89. The number of aliphatic hydroxyl groups excluding tert-OH is 4. The zero-order valence-electron chi connectivity index (χ0n) is 17.9. The third-order valence-electron chi connectivity index (χ3n) is 5.52. The topological polar surface area (TPSA) is 168 Å². The van der Waals surface area contributed by atoms with Gasteiger partial charge in [0.05, 0.1) is 18.4 Å². The Morgan fingerprint density at radius 2 is 1.85 bits per heavy atom. The molecule has 1 aromatic carbocycles. The summed E-state index contributed by atoms with van der Waals surface area (Å²) in [7, 11) is 0. The Kier molecular flexibility index (Phi) is 10.6. The lowest BCUT2D eigenvalue weighted by atomic mass is 9.98. The van der Waals surface area contributed by atoms with E-state index in [2.05, 4.69) is 4.99 Å². The van der Waals surface area contributed by atoms with Crippen molar-refractivity contribution in [2.75, 3.05) is 12.4 Å². The standard InChI is InChI=1S/C21H29N3O7S.ClH/c22-15(23-20-19(29)18(28)17(27)13(11-25)31-20)7-4-8-32-14-9-16(26)24(21(14)30)10-12-5-2-1-3-6-12;/h1-3,5-6,13-14,17-20,25,27-29H,4,7-11H2,(H2,22,23);1H/t13-,14?,17+,18+,19-,20-;/m1./s1. The maximum Gasteiger partial charge on any atom is 0.243 e. The second kappa shape index (κ2) is 12.7. The van der Waals surface area contributed by atoms with Gasteiger partial charge in [-0.3, -0.25) is 20.2 Å². The van der Waals surface area contributed by atoms with Gasteiger partial charge in [-0.25, -0.2) is 4.99 Å². The van der Waals surface area contributed by atoms with Gasteiger partial charge in [0.25, 0.3) is 0 Å². The average Bonchev–Trinajstić information content (AvgIpc) is 3.05. The van der Waals surface area contributed by atoms with Gasteiger partial charge >= 0.3 is 0 Å². The number of benzene rings is 1. The van der Waals surface area contributed by atoms with Gasteiger partial charge in [0.1, 0.15) is 24.4 Å². The predicted octanol–water partition coefficient (Wildman–Crippen LogP) is -5.93. The molecule has 2 aliphatic heterocycles. The molecular formula is C21H30ClN3O7S. The predicted molar refractivity (Wildman–Crippen MR) is 116 cm³/mol. The minimum atomic E-state index is -1.48. The van der Waals surface area contributed by atoms with Crippen LogP contribution < -0.4 is 23.1 Å². The summed E-state index contributed by atoms with van der Waals surface area (Å²) in [5.74, 6) is 0.543. The summed E-state index contributed by atoms with van der Waals surface area (Å²) in [5.41, 5.74) is 6.86. The second-order valence-corrected chi connectivity index (χ2v) is 9.20. The molecule has 1 aromatic rings. The molecule has 2 amide bonds. The normalized spacial score (nSPS) is 30.4. The van der Waals surface area contributed by atoms with Gasteiger partial charge in [0, 0.05) is 12.8 Å². The first-order valence-electron chi connectivity index (χ1n) is 10.5. The molecule has 10 nitrogen and oxygen atoms in total. The first-order chi connectivity index (χ1) is 15.3. The van der Waals surface area contributed by atoms with Crippen molar-refractivity contribution in [1.82, 2.24) is 4.90 Å². The Morgan fingerprint density at radius 3 is 2.52 bits per heavy atom. The van der Waals surface area contributed by atoms with Crippen LogP contribution in [-0.4, -0.2) is 91.2 Å². The van der Waals surface area contributed by atoms with E-state index < -0.39 is 42.5 Å². The first kappa shape index (κ1) is 27.5. The highest BCUT2D eigenvalue weighted by Gasteiger charge is 2.44. The summed E-state index contributed by atoms with van der Waals surface area (Å²) in [6.07, 6.45) is -5.22. The van der Waals surface area contributed by atoms with Crippen LogP contribution in [0.15, 0.2) is 30.3 Å². The molecule has 0 saturated carbocycles. The number of rotatable bonds is 9. The van der Waals surface area contributed by atoms with Gasteiger partial charge in [-0.1, -0.05) is 30.3 Å². The van der Waals surface area contributed by atoms with Crippen molar-refractivity contribution < 1.29 is 52.2 Å². The number of nitrogens with two attached hydrogens (primary N) is 1. The monoisotopic (exact) mass is 503 g/mol. The highest BCUT2D eigenvalue weighted by atomic mass is 35.5. The number of ether oxygens (including phenoxy) is 1. The van der Waals surface area contributed by atoms with Gasteiger partial charge in [0.15, 0.2) is 0 Å². The Labute approximate surface area is 202 Å². The van der Waals surface area contributed by atoms with Gasteiger partial charge in [0.2, 0.25) is 23.9 Å². The number of imide groups is 1. The van der Waals surface area contributed by atoms with Crippen LogP contribution in [0.25, 0.3) is 0 Å². The number of nitrogens with one attached hydrogen (secondary N) is 1. The molecule has 6 atom stereocenters. The lowest BCUT2D eigenvalue weighted by Crippen LogP contribution is -3.00. The molecule has 2 heterocycles. The number of carbonyl (C=O) groups excluding carboxylic acids is 2. The molecule has 2 saturated heterocycles. The van der Waals surface area contributed by atoms with E-state index in [-0.39, 0.29) is 37.2 Å². The maximum atomic E-state index is 12.6. The van der Waals surface area contributed by atoms with Crippen molar-refractivity contribution >= 4 is 29.4 Å². The molecule has 7 N–H and O–H groups in total. The summed E-state index contributed by atoms with van der Waals surface area (Å²) >= 11 is 1.41. The molecule has 2 fully saturated rings. The fourth-order valence-electron chi connectivity index (χ4n) is 3.68. The van der Waals surface area contributed by atoms with Crippen molar-refractivity contribution in [3.63, 3.8) is 0 Å². The molecule has 184 valence electrons. The summed E-state index contributed by atoms with van der Waals surface area (Å²) in [4.78, 5) is 28.9. The third-order valence-corrected chi connectivity index (χ3v) is 6.81. The van der Waals surface area contributed by atoms with E-state index in [1.165, 1.54) is 16.7 Å². The largest absolute Gasteiger partial charge is 1.00 e. The minimum absolute atomic E-state index is 0. The fraction of sp³-hybridized carbons (Fsp3) is 0.571. The molecule has 0 spiro atoms. The summed E-state index contributed by atoms with van der Waals surface area (Å²) in [6, 6.07) is 9.37. The number of hydrogen-bond donors (Lipinski definition) is 6. The molecule has 0 aromatic heterocycles. The van der Waals surface area contributed by atoms with Gasteiger partial charge < -0.3 is 37.6 Å². The number of thioether (sulfide) groups is 1. The molecule has 0 bridgehead atoms. The van der Waals surface area contributed by atoms with E-state index in [0.717, 1.165) is 5.56 Å². The van der Waals surface area contributed by atoms with Crippen LogP contribution in [0.4, 0.5) is 0 Å². The van der Waals surface area contributed by atoms with Crippen molar-refractivity contribution in [3.05, 3.63) is 35.9 Å². The SMILES string of the molecule is N/C(CCCSC1CC(=O)N(Cc2ccccc2)C1=O)=[NH+]\[C@@H]1O[C@H](CO)[C@H](O)[C@H](O)[C@H]1O.[Cl-]. The van der Waals surface area contributed by atoms with Crippen LogP contribution in [0.3, 0.4) is 0 Å². The van der Waals surface area contributed by atoms with Crippen molar-refractivity contribution in [1.29, 1.82) is 0 Å². The van der Waals surface area contributed by atoms with Crippen molar-refractivity contribution in [2.45, 2.75) is 61.7 Å². The van der Waals surface area contributed by atoms with E-state index in [0.29, 0.717) is 24.4 Å². The quantitative estimate of drug-likeness (QED) is 0.0831. The molecule has 0 aliphatic carbocycles. The molecule has 3 rings (SSSR count). The lowest BCUT2D eigenvalue weighted by Gasteiger charge is -2.37. The first-order valence-corrected chi connectivity index (χ1v) is 11.5. The zero-order valence-corrected chi connectivity index (χ0v) is 19.5. The van der Waals surface area contributed by atoms with Crippen molar-refractivity contribution in [3.8, 4) is 0 Å². The average molecular weight is 504 g/mol. The fourth-order valence-corrected chi connectivity index (χ4v) is 4.80. The van der Waals surface area contributed by atoms with Crippen molar-refractivity contribution in [2.24, 2.45) is 5.73 Å². The zero-order chi connectivity index (χ0) is 23.3. The Hall–Kier alpha value is -1.73. The smallest absolute Gasteiger partial charge is 0.243 e. The maximum absolute atomic E-state index is 12.6. The van der Waals surface area contributed by atoms with E-state index in [1.807, 2.05) is 30.3 Å². The summed E-state index contributed by atoms with van der Waals surface area (Å²) in [5, 5.41) is 38.5. The summed E-state index contributed by atoms with van der Waals surface area (Å²) in [6.45, 7) is -0.242. The van der Waals surface area contributed by atoms with Gasteiger partial charge in [-0.15, -0.1) is 11.8 Å². The van der Waals surface area contributed by atoms with Crippen LogP contribution in [0.1, 0.15) is 24.8 Å². The number of hydrogen-bond acceptors (Lipinski definition) is 8. The van der Waals surface area contributed by atoms with E-state index >= 15 is 0 Å². The number of nitrogens with zero attached hydrogens (tertiary/aromatic N) is 1. The molecule has 0 radical (unpaired) electrons. The van der Waals surface area contributed by atoms with Crippen LogP contribution in [0.2, 0.25) is 0 Å². The van der Waals surface area contributed by atoms with Crippen LogP contribution >= 0.6 is 11.8 Å². The Balaban J connectivity index is 0.00000385. The number of aliphatic hydroxyl groups is 4. The highest BCUT2D eigenvalue weighted by Crippen LogP contribution is 2.27. The Bertz CT molecular complexity index is 829. The minimum Gasteiger partial charge on any atom is -1.00 e. The molecule has 33 heavy (non-hydrogen) atoms. The van der Waals surface area contributed by atoms with Crippen LogP contribution in [0, 0.1) is 0 Å². The van der Waals surface area contributed by atoms with Gasteiger partial charge in [-0.2, -0.15) is 0 Å². The lowest BCUT2D eigenvalue weighted by molar-refractivity contribution is -0.594. The number of carbonyl (C=O) groups is 2.